The lowest BCUT2D eigenvalue weighted by molar-refractivity contribution is -0.110. The molecule has 0 bridgehead atoms. The van der Waals surface area contributed by atoms with Crippen LogP contribution < -0.4 is 5.32 Å². The van der Waals surface area contributed by atoms with Crippen molar-refractivity contribution in [3.05, 3.63) is 47.9 Å². The lowest BCUT2D eigenvalue weighted by Gasteiger charge is -2.11. The summed E-state index contributed by atoms with van der Waals surface area (Å²) in [6, 6.07) is 5.96. The molecule has 162 valence electrons. The van der Waals surface area contributed by atoms with Gasteiger partial charge in [-0.05, 0) is 25.0 Å². The first-order chi connectivity index (χ1) is 15.0. The topological polar surface area (TPSA) is 137 Å². The molecule has 2 heterocycles. The predicted molar refractivity (Wildman–Crippen MR) is 110 cm³/mol. The van der Waals surface area contributed by atoms with Crippen molar-refractivity contribution >= 4 is 33.6 Å². The molecule has 0 spiro atoms. The molecule has 1 aromatic carbocycles. The van der Waals surface area contributed by atoms with Crippen LogP contribution in [0.4, 0.5) is 5.82 Å². The molecule has 0 unspecified atom stereocenters. The van der Waals surface area contributed by atoms with Crippen LogP contribution in [0.5, 0.6) is 0 Å². The molecule has 1 atom stereocenters. The molecule has 2 aliphatic rings. The van der Waals surface area contributed by atoms with E-state index in [9.17, 15) is 18.0 Å². The zero-order valence-electron chi connectivity index (χ0n) is 16.4. The molecule has 4 rings (SSSR count). The lowest BCUT2D eigenvalue weighted by Crippen LogP contribution is -2.26. The van der Waals surface area contributed by atoms with E-state index in [4.69, 9.17) is 9.57 Å². The number of aromatic nitrogens is 2. The number of hydrogen-bond acceptors (Lipinski definition) is 9. The minimum absolute atomic E-state index is 0.0523. The van der Waals surface area contributed by atoms with E-state index in [1.807, 2.05) is 0 Å². The van der Waals surface area contributed by atoms with Crippen molar-refractivity contribution in [2.75, 3.05) is 18.5 Å². The fourth-order valence-electron chi connectivity index (χ4n) is 2.96. The average molecular weight is 444 g/mol. The summed E-state index contributed by atoms with van der Waals surface area (Å²) < 4.78 is 30.1. The third kappa shape index (κ3) is 4.94. The number of rotatable bonds is 8. The van der Waals surface area contributed by atoms with Crippen molar-refractivity contribution in [3.63, 3.8) is 0 Å². The summed E-state index contributed by atoms with van der Waals surface area (Å²) in [6.07, 6.45) is 4.72. The standard InChI is InChI=1S/C20H20N4O6S/c25-11-14-9-22-18(10-21-14)23-20(26)19(24-30-15-7-8-29-12-15)13-1-3-16(4-2-13)31(27,28)17-5-6-17/h1-4,9-11,15,17H,5-8,12H2,(H,22,23,26)/t15-/m1/s1. The third-order valence-corrected chi connectivity index (χ3v) is 7.13. The number of ether oxygens (including phenoxy) is 1. The molecule has 1 aliphatic heterocycles. The molecule has 11 heteroatoms. The first-order valence-electron chi connectivity index (χ1n) is 9.72. The van der Waals surface area contributed by atoms with Gasteiger partial charge in [0.25, 0.3) is 5.91 Å². The number of oxime groups is 1. The van der Waals surface area contributed by atoms with Gasteiger partial charge in [-0.2, -0.15) is 0 Å². The second-order valence-corrected chi connectivity index (χ2v) is 9.43. The average Bonchev–Trinajstić information content (AvgIpc) is 3.52. The van der Waals surface area contributed by atoms with Crippen LogP contribution in [-0.4, -0.2) is 60.9 Å². The van der Waals surface area contributed by atoms with E-state index in [1.165, 1.54) is 36.7 Å². The number of nitrogens with one attached hydrogen (secondary N) is 1. The Labute approximate surface area is 178 Å². The van der Waals surface area contributed by atoms with Gasteiger partial charge in [0.1, 0.15) is 5.69 Å². The van der Waals surface area contributed by atoms with Crippen LogP contribution >= 0.6 is 0 Å². The monoisotopic (exact) mass is 444 g/mol. The highest BCUT2D eigenvalue weighted by Crippen LogP contribution is 2.33. The van der Waals surface area contributed by atoms with Gasteiger partial charge in [0.2, 0.25) is 0 Å². The number of carbonyl (C=O) groups is 2. The Morgan fingerprint density at radius 2 is 1.94 bits per heavy atom. The summed E-state index contributed by atoms with van der Waals surface area (Å²) in [5, 5.41) is 6.24. The number of anilines is 1. The van der Waals surface area contributed by atoms with Crippen LogP contribution in [0.3, 0.4) is 0 Å². The summed E-state index contributed by atoms with van der Waals surface area (Å²) in [5.41, 5.74) is 0.455. The molecule has 2 aromatic rings. The largest absolute Gasteiger partial charge is 0.389 e. The van der Waals surface area contributed by atoms with Crippen molar-refractivity contribution in [3.8, 4) is 0 Å². The lowest BCUT2D eigenvalue weighted by atomic mass is 10.1. The SMILES string of the molecule is O=Cc1cnc(NC(=O)C(=NO[C@@H]2CCOC2)c2ccc(S(=O)(=O)C3CC3)cc2)cn1. The zero-order chi connectivity index (χ0) is 21.8. The molecular weight excluding hydrogens is 424 g/mol. The maximum absolute atomic E-state index is 12.9. The van der Waals surface area contributed by atoms with E-state index in [0.717, 1.165) is 0 Å². The number of aldehydes is 1. The van der Waals surface area contributed by atoms with Gasteiger partial charge in [0.05, 0.1) is 35.8 Å². The number of amides is 1. The predicted octanol–water partition coefficient (Wildman–Crippen LogP) is 1.37. The van der Waals surface area contributed by atoms with Gasteiger partial charge in [-0.25, -0.2) is 18.4 Å². The van der Waals surface area contributed by atoms with Crippen LogP contribution in [-0.2, 0) is 24.2 Å². The summed E-state index contributed by atoms with van der Waals surface area (Å²) in [7, 11) is -3.34. The van der Waals surface area contributed by atoms with Gasteiger partial charge < -0.3 is 14.9 Å². The van der Waals surface area contributed by atoms with Gasteiger partial charge in [-0.1, -0.05) is 17.3 Å². The van der Waals surface area contributed by atoms with Gasteiger partial charge in [0.15, 0.2) is 33.8 Å². The van der Waals surface area contributed by atoms with E-state index in [-0.39, 0.29) is 33.5 Å². The normalized spacial score (nSPS) is 19.1. The van der Waals surface area contributed by atoms with Crippen LogP contribution in [0.1, 0.15) is 35.3 Å². The Balaban J connectivity index is 1.57. The van der Waals surface area contributed by atoms with E-state index in [2.05, 4.69) is 20.4 Å². The number of sulfone groups is 1. The van der Waals surface area contributed by atoms with Crippen molar-refractivity contribution in [1.82, 2.24) is 9.97 Å². The number of benzene rings is 1. The Bertz CT molecular complexity index is 1090. The molecule has 10 nitrogen and oxygen atoms in total. The summed E-state index contributed by atoms with van der Waals surface area (Å²) in [6.45, 7) is 0.920. The highest BCUT2D eigenvalue weighted by molar-refractivity contribution is 7.92. The Morgan fingerprint density at radius 3 is 2.52 bits per heavy atom. The molecule has 1 amide bonds. The zero-order valence-corrected chi connectivity index (χ0v) is 17.2. The molecule has 1 aliphatic carbocycles. The summed E-state index contributed by atoms with van der Waals surface area (Å²) in [4.78, 5) is 37.1. The smallest absolute Gasteiger partial charge is 0.279 e. The molecule has 1 saturated heterocycles. The van der Waals surface area contributed by atoms with Gasteiger partial charge in [-0.3, -0.25) is 9.59 Å². The van der Waals surface area contributed by atoms with Crippen LogP contribution in [0.15, 0.2) is 46.7 Å². The Kier molecular flexibility index (Phi) is 6.05. The van der Waals surface area contributed by atoms with Crippen molar-refractivity contribution < 1.29 is 27.6 Å². The molecule has 31 heavy (non-hydrogen) atoms. The van der Waals surface area contributed by atoms with E-state index in [1.54, 1.807) is 0 Å². The highest BCUT2D eigenvalue weighted by atomic mass is 32.2. The fourth-order valence-corrected chi connectivity index (χ4v) is 4.62. The molecule has 1 N–H and O–H groups in total. The summed E-state index contributed by atoms with van der Waals surface area (Å²) >= 11 is 0. The third-order valence-electron chi connectivity index (χ3n) is 4.85. The first-order valence-corrected chi connectivity index (χ1v) is 11.3. The molecule has 1 saturated carbocycles. The maximum atomic E-state index is 12.9. The van der Waals surface area contributed by atoms with Crippen LogP contribution in [0.2, 0.25) is 0 Å². The minimum Gasteiger partial charge on any atom is -0.389 e. The molecule has 1 aromatic heterocycles. The fraction of sp³-hybridized carbons (Fsp3) is 0.350. The second-order valence-electron chi connectivity index (χ2n) is 7.20. The van der Waals surface area contributed by atoms with E-state index >= 15 is 0 Å². The summed E-state index contributed by atoms with van der Waals surface area (Å²) in [5.74, 6) is -0.495. The van der Waals surface area contributed by atoms with Gasteiger partial charge in [-0.15, -0.1) is 0 Å². The maximum Gasteiger partial charge on any atom is 0.279 e. The van der Waals surface area contributed by atoms with Crippen LogP contribution in [0.25, 0.3) is 0 Å². The number of nitrogens with zero attached hydrogens (tertiary/aromatic N) is 3. The second kappa shape index (κ2) is 8.90. The van der Waals surface area contributed by atoms with Crippen molar-refractivity contribution in [1.29, 1.82) is 0 Å². The number of carbonyl (C=O) groups excluding carboxylic acids is 2. The Morgan fingerprint density at radius 1 is 1.16 bits per heavy atom. The van der Waals surface area contributed by atoms with E-state index in [0.29, 0.717) is 44.3 Å². The molecule has 0 radical (unpaired) electrons. The van der Waals surface area contributed by atoms with Gasteiger partial charge in [0, 0.05) is 12.0 Å². The Hall–Kier alpha value is -3.18. The minimum atomic E-state index is -3.34. The van der Waals surface area contributed by atoms with Gasteiger partial charge >= 0.3 is 0 Å². The van der Waals surface area contributed by atoms with Crippen molar-refractivity contribution in [2.45, 2.75) is 35.5 Å². The number of hydrogen-bond donors (Lipinski definition) is 1. The first kappa shape index (κ1) is 21.1. The highest BCUT2D eigenvalue weighted by Gasteiger charge is 2.36. The van der Waals surface area contributed by atoms with E-state index < -0.39 is 15.7 Å². The quantitative estimate of drug-likeness (QED) is 0.366. The van der Waals surface area contributed by atoms with Crippen molar-refractivity contribution in [2.24, 2.45) is 5.16 Å². The molecule has 2 fully saturated rings. The molecular formula is C20H20N4O6S. The van der Waals surface area contributed by atoms with Crippen LogP contribution in [0, 0.1) is 0 Å².